The summed E-state index contributed by atoms with van der Waals surface area (Å²) >= 11 is 3.42. The Kier molecular flexibility index (Phi) is 4.51. The molecule has 0 fully saturated rings. The maximum Gasteiger partial charge on any atom is 0.246 e. The smallest absolute Gasteiger partial charge is 0.246 e. The van der Waals surface area contributed by atoms with E-state index in [2.05, 4.69) is 31.6 Å². The van der Waals surface area contributed by atoms with Crippen molar-refractivity contribution in [3.05, 3.63) is 40.1 Å². The molecule has 106 valence electrons. The van der Waals surface area contributed by atoms with Crippen molar-refractivity contribution >= 4 is 27.5 Å². The van der Waals surface area contributed by atoms with Crippen LogP contribution in [0.1, 0.15) is 24.2 Å². The van der Waals surface area contributed by atoms with Gasteiger partial charge in [-0.05, 0) is 37.6 Å². The Hall–Kier alpha value is -1.73. The largest absolute Gasteiger partial charge is 0.324 e. The van der Waals surface area contributed by atoms with Crippen molar-refractivity contribution in [1.82, 2.24) is 15.0 Å². The van der Waals surface area contributed by atoms with Gasteiger partial charge in [0.25, 0.3) is 0 Å². The number of rotatable bonds is 4. The summed E-state index contributed by atoms with van der Waals surface area (Å²) in [6.45, 7) is 3.89. The lowest BCUT2D eigenvalue weighted by Crippen LogP contribution is -2.19. The zero-order valence-corrected chi connectivity index (χ0v) is 12.9. The Balaban J connectivity index is 1.99. The predicted octanol–water partition coefficient (Wildman–Crippen LogP) is 2.01. The van der Waals surface area contributed by atoms with E-state index >= 15 is 0 Å². The molecular weight excluding hydrogens is 322 g/mol. The number of anilines is 1. The minimum Gasteiger partial charge on any atom is -0.324 e. The number of aryl methyl sites for hydroxylation is 1. The second-order valence-corrected chi connectivity index (χ2v) is 5.50. The van der Waals surface area contributed by atoms with Crippen LogP contribution >= 0.6 is 15.9 Å². The molecule has 0 bridgehead atoms. The molecule has 0 aliphatic carbocycles. The third-order valence-electron chi connectivity index (χ3n) is 2.77. The number of halogens is 1. The van der Waals surface area contributed by atoms with E-state index in [1.54, 1.807) is 6.20 Å². The molecule has 1 atom stereocenters. The van der Waals surface area contributed by atoms with Crippen LogP contribution in [0.25, 0.3) is 0 Å². The predicted molar refractivity (Wildman–Crippen MR) is 80.1 cm³/mol. The third kappa shape index (κ3) is 3.64. The molecule has 0 saturated heterocycles. The highest BCUT2D eigenvalue weighted by Crippen LogP contribution is 2.19. The molecule has 0 aliphatic heterocycles. The average Bonchev–Trinajstić information content (AvgIpc) is 2.82. The summed E-state index contributed by atoms with van der Waals surface area (Å²) in [6.07, 6.45) is 1.68. The Morgan fingerprint density at radius 2 is 2.30 bits per heavy atom. The minimum atomic E-state index is -0.194. The van der Waals surface area contributed by atoms with Crippen LogP contribution in [0.5, 0.6) is 0 Å². The Morgan fingerprint density at radius 3 is 2.90 bits per heavy atom. The van der Waals surface area contributed by atoms with Crippen LogP contribution in [0.3, 0.4) is 0 Å². The lowest BCUT2D eigenvalue weighted by Gasteiger charge is -2.07. The van der Waals surface area contributed by atoms with Crippen LogP contribution in [0, 0.1) is 6.92 Å². The highest BCUT2D eigenvalue weighted by atomic mass is 79.9. The second kappa shape index (κ2) is 6.15. The highest BCUT2D eigenvalue weighted by Gasteiger charge is 2.09. The fourth-order valence-electron chi connectivity index (χ4n) is 1.67. The van der Waals surface area contributed by atoms with Crippen molar-refractivity contribution in [2.24, 2.45) is 5.73 Å². The maximum absolute atomic E-state index is 11.9. The molecule has 2 aromatic rings. The number of aromatic nitrogens is 3. The van der Waals surface area contributed by atoms with Crippen LogP contribution in [0.4, 0.5) is 5.69 Å². The maximum atomic E-state index is 11.9. The van der Waals surface area contributed by atoms with Crippen LogP contribution < -0.4 is 11.1 Å². The van der Waals surface area contributed by atoms with Gasteiger partial charge in [0.2, 0.25) is 5.91 Å². The molecular formula is C13H16BrN5O. The van der Waals surface area contributed by atoms with Crippen molar-refractivity contribution in [2.45, 2.75) is 26.4 Å². The molecule has 7 heteroatoms. The second-order valence-electron chi connectivity index (χ2n) is 4.64. The monoisotopic (exact) mass is 337 g/mol. The van der Waals surface area contributed by atoms with Gasteiger partial charge in [0.15, 0.2) is 0 Å². The summed E-state index contributed by atoms with van der Waals surface area (Å²) < 4.78 is 2.48. The molecule has 1 aromatic heterocycles. The van der Waals surface area contributed by atoms with Gasteiger partial charge in [-0.3, -0.25) is 4.79 Å². The van der Waals surface area contributed by atoms with Gasteiger partial charge in [-0.25, -0.2) is 4.68 Å². The van der Waals surface area contributed by atoms with Gasteiger partial charge in [-0.15, -0.1) is 5.10 Å². The number of nitrogens with two attached hydrogens (primary N) is 1. The average molecular weight is 338 g/mol. The summed E-state index contributed by atoms with van der Waals surface area (Å²) in [5.74, 6) is -0.159. The van der Waals surface area contributed by atoms with E-state index in [9.17, 15) is 4.79 Å². The first-order valence-electron chi connectivity index (χ1n) is 6.17. The molecule has 0 radical (unpaired) electrons. The van der Waals surface area contributed by atoms with E-state index in [-0.39, 0.29) is 18.5 Å². The number of carbonyl (C=O) groups excluding carboxylic acids is 1. The molecule has 20 heavy (non-hydrogen) atoms. The van der Waals surface area contributed by atoms with E-state index in [1.807, 2.05) is 32.0 Å². The summed E-state index contributed by atoms with van der Waals surface area (Å²) in [6, 6.07) is 5.44. The molecule has 1 unspecified atom stereocenters. The number of benzene rings is 1. The summed E-state index contributed by atoms with van der Waals surface area (Å²) in [7, 11) is 0. The molecule has 6 nitrogen and oxygen atoms in total. The Morgan fingerprint density at radius 1 is 1.55 bits per heavy atom. The third-order valence-corrected chi connectivity index (χ3v) is 3.66. The fourth-order valence-corrected chi connectivity index (χ4v) is 1.92. The standard InChI is InChI=1S/C13H16BrN5O/c1-8-5-10(3-4-11(8)14)16-13(20)7-19-6-12(9(2)15)17-18-19/h3-6,9H,7,15H2,1-2H3,(H,16,20). The molecule has 0 saturated carbocycles. The Bertz CT molecular complexity index is 623. The van der Waals surface area contributed by atoms with Crippen LogP contribution in [-0.2, 0) is 11.3 Å². The van der Waals surface area contributed by atoms with Gasteiger partial charge in [-0.2, -0.15) is 0 Å². The molecule has 1 heterocycles. The van der Waals surface area contributed by atoms with Gasteiger partial charge < -0.3 is 11.1 Å². The fraction of sp³-hybridized carbons (Fsp3) is 0.308. The summed E-state index contributed by atoms with van der Waals surface area (Å²) in [5, 5.41) is 10.6. The zero-order valence-electron chi connectivity index (χ0n) is 11.3. The molecule has 0 spiro atoms. The minimum absolute atomic E-state index is 0.106. The van der Waals surface area contributed by atoms with Crippen molar-refractivity contribution in [3.63, 3.8) is 0 Å². The lowest BCUT2D eigenvalue weighted by molar-refractivity contribution is -0.116. The lowest BCUT2D eigenvalue weighted by atomic mass is 10.2. The number of nitrogens with one attached hydrogen (secondary N) is 1. The number of hydrogen-bond donors (Lipinski definition) is 2. The van der Waals surface area contributed by atoms with Gasteiger partial charge in [0, 0.05) is 16.2 Å². The first kappa shape index (κ1) is 14.7. The van der Waals surface area contributed by atoms with Crippen molar-refractivity contribution < 1.29 is 4.79 Å². The molecule has 1 amide bonds. The summed E-state index contributed by atoms with van der Waals surface area (Å²) in [5.41, 5.74) is 8.17. The normalized spacial score (nSPS) is 12.2. The van der Waals surface area contributed by atoms with Gasteiger partial charge >= 0.3 is 0 Å². The number of amides is 1. The number of nitrogens with zero attached hydrogens (tertiary/aromatic N) is 3. The summed E-state index contributed by atoms with van der Waals surface area (Å²) in [4.78, 5) is 11.9. The topological polar surface area (TPSA) is 85.8 Å². The number of carbonyl (C=O) groups is 1. The van der Waals surface area contributed by atoms with E-state index < -0.39 is 0 Å². The van der Waals surface area contributed by atoms with E-state index in [4.69, 9.17) is 5.73 Å². The van der Waals surface area contributed by atoms with E-state index in [0.29, 0.717) is 5.69 Å². The van der Waals surface area contributed by atoms with Crippen molar-refractivity contribution in [2.75, 3.05) is 5.32 Å². The molecule has 1 aromatic carbocycles. The highest BCUT2D eigenvalue weighted by molar-refractivity contribution is 9.10. The molecule has 2 rings (SSSR count). The Labute approximate surface area is 125 Å². The van der Waals surface area contributed by atoms with Gasteiger partial charge in [0.05, 0.1) is 11.9 Å². The first-order chi connectivity index (χ1) is 9.45. The SMILES string of the molecule is Cc1cc(NC(=O)Cn2cc(C(C)N)nn2)ccc1Br. The zero-order chi connectivity index (χ0) is 14.7. The van der Waals surface area contributed by atoms with Crippen LogP contribution in [0.15, 0.2) is 28.9 Å². The molecule has 3 N–H and O–H groups in total. The van der Waals surface area contributed by atoms with Crippen molar-refractivity contribution in [3.8, 4) is 0 Å². The van der Waals surface area contributed by atoms with E-state index in [1.165, 1.54) is 4.68 Å². The van der Waals surface area contributed by atoms with Gasteiger partial charge in [0.1, 0.15) is 6.54 Å². The van der Waals surface area contributed by atoms with Crippen LogP contribution in [0.2, 0.25) is 0 Å². The van der Waals surface area contributed by atoms with Gasteiger partial charge in [-0.1, -0.05) is 21.1 Å². The van der Waals surface area contributed by atoms with E-state index in [0.717, 1.165) is 15.7 Å². The van der Waals surface area contributed by atoms with Crippen molar-refractivity contribution in [1.29, 1.82) is 0 Å². The first-order valence-corrected chi connectivity index (χ1v) is 6.96. The molecule has 0 aliphatic rings. The number of hydrogen-bond acceptors (Lipinski definition) is 4. The van der Waals surface area contributed by atoms with Crippen LogP contribution in [-0.4, -0.2) is 20.9 Å². The quantitative estimate of drug-likeness (QED) is 0.893.